The van der Waals surface area contributed by atoms with Gasteiger partial charge in [-0.25, -0.2) is 4.79 Å². The minimum absolute atomic E-state index is 0.0950. The van der Waals surface area contributed by atoms with Gasteiger partial charge in [0.25, 0.3) is 5.91 Å². The molecule has 2 saturated heterocycles. The third kappa shape index (κ3) is 2.76. The van der Waals surface area contributed by atoms with Crippen LogP contribution in [0.2, 0.25) is 5.02 Å². The summed E-state index contributed by atoms with van der Waals surface area (Å²) in [5.41, 5.74) is 6.80. The number of hydrogen-bond acceptors (Lipinski definition) is 3. The predicted octanol–water partition coefficient (Wildman–Crippen LogP) is 1.29. The zero-order valence-corrected chi connectivity index (χ0v) is 13.0. The third-order valence-electron chi connectivity index (χ3n) is 4.26. The summed E-state index contributed by atoms with van der Waals surface area (Å²) in [6.07, 6.45) is 0.925. The number of nitrogens with one attached hydrogen (secondary N) is 1. The molecule has 7 heteroatoms. The number of likely N-dealkylation sites (tertiary alicyclic amines) is 1. The van der Waals surface area contributed by atoms with Crippen molar-refractivity contribution < 1.29 is 9.59 Å². The second-order valence-electron chi connectivity index (χ2n) is 5.69. The van der Waals surface area contributed by atoms with Crippen molar-refractivity contribution in [3.05, 3.63) is 28.8 Å². The van der Waals surface area contributed by atoms with Crippen LogP contribution in [0.15, 0.2) is 18.2 Å². The van der Waals surface area contributed by atoms with E-state index in [-0.39, 0.29) is 11.9 Å². The maximum absolute atomic E-state index is 12.7. The Labute approximate surface area is 134 Å². The Morgan fingerprint density at radius 1 is 1.41 bits per heavy atom. The van der Waals surface area contributed by atoms with Crippen molar-refractivity contribution >= 4 is 29.2 Å². The van der Waals surface area contributed by atoms with Gasteiger partial charge in [0.05, 0.1) is 10.6 Å². The molecule has 0 bridgehead atoms. The first-order valence-electron chi connectivity index (χ1n) is 7.44. The lowest BCUT2D eigenvalue weighted by molar-refractivity contribution is 0.0788. The van der Waals surface area contributed by atoms with Crippen molar-refractivity contribution in [2.24, 2.45) is 11.7 Å². The number of carbonyl (C=O) groups excluding carboxylic acids is 2. The summed E-state index contributed by atoms with van der Waals surface area (Å²) >= 11 is 6.19. The van der Waals surface area contributed by atoms with Crippen molar-refractivity contribution in [3.63, 3.8) is 0 Å². The highest BCUT2D eigenvalue weighted by molar-refractivity contribution is 6.34. The van der Waals surface area contributed by atoms with Gasteiger partial charge in [0.2, 0.25) is 0 Å². The van der Waals surface area contributed by atoms with Gasteiger partial charge in [0.15, 0.2) is 0 Å². The molecule has 2 aliphatic heterocycles. The molecule has 3 rings (SSSR count). The molecule has 6 nitrogen and oxygen atoms in total. The molecule has 3 amide bonds. The Kier molecular flexibility index (Phi) is 4.22. The third-order valence-corrected chi connectivity index (χ3v) is 4.58. The summed E-state index contributed by atoms with van der Waals surface area (Å²) < 4.78 is 0. The van der Waals surface area contributed by atoms with Gasteiger partial charge in [-0.1, -0.05) is 11.6 Å². The molecular weight excluding hydrogens is 304 g/mol. The summed E-state index contributed by atoms with van der Waals surface area (Å²) in [6.45, 7) is 3.15. The van der Waals surface area contributed by atoms with E-state index in [1.54, 1.807) is 28.0 Å². The van der Waals surface area contributed by atoms with Crippen LogP contribution in [0.4, 0.5) is 10.5 Å². The monoisotopic (exact) mass is 322 g/mol. The molecule has 0 aliphatic carbocycles. The summed E-state index contributed by atoms with van der Waals surface area (Å²) in [6, 6.07) is 4.99. The SMILES string of the molecule is NCC1CCN(C(=O)c2cc(N3CCNC3=O)ccc2Cl)C1. The van der Waals surface area contributed by atoms with Gasteiger partial charge < -0.3 is 16.0 Å². The van der Waals surface area contributed by atoms with Gasteiger partial charge in [0, 0.05) is 31.9 Å². The van der Waals surface area contributed by atoms with Crippen LogP contribution in [0.25, 0.3) is 0 Å². The maximum Gasteiger partial charge on any atom is 0.321 e. The molecule has 1 aromatic rings. The van der Waals surface area contributed by atoms with Crippen LogP contribution in [0.3, 0.4) is 0 Å². The van der Waals surface area contributed by atoms with Crippen molar-refractivity contribution in [1.29, 1.82) is 0 Å². The van der Waals surface area contributed by atoms with Gasteiger partial charge >= 0.3 is 6.03 Å². The predicted molar refractivity (Wildman–Crippen MR) is 85.3 cm³/mol. The number of anilines is 1. The molecule has 118 valence electrons. The van der Waals surface area contributed by atoms with E-state index in [0.717, 1.165) is 6.42 Å². The lowest BCUT2D eigenvalue weighted by Crippen LogP contribution is -2.31. The summed E-state index contributed by atoms with van der Waals surface area (Å²) in [4.78, 5) is 27.8. The number of benzene rings is 1. The Balaban J connectivity index is 1.83. The summed E-state index contributed by atoms with van der Waals surface area (Å²) in [5, 5.41) is 3.15. The van der Waals surface area contributed by atoms with E-state index in [2.05, 4.69) is 5.32 Å². The van der Waals surface area contributed by atoms with Gasteiger partial charge in [-0.3, -0.25) is 9.69 Å². The van der Waals surface area contributed by atoms with Gasteiger partial charge in [0.1, 0.15) is 0 Å². The largest absolute Gasteiger partial charge is 0.338 e. The Bertz CT molecular complexity index is 607. The van der Waals surface area contributed by atoms with E-state index in [0.29, 0.717) is 54.9 Å². The van der Waals surface area contributed by atoms with Gasteiger partial charge in [-0.05, 0) is 37.1 Å². The molecule has 1 atom stereocenters. The number of hydrogen-bond donors (Lipinski definition) is 2. The second kappa shape index (κ2) is 6.14. The number of nitrogens with zero attached hydrogens (tertiary/aromatic N) is 2. The minimum Gasteiger partial charge on any atom is -0.338 e. The van der Waals surface area contributed by atoms with Gasteiger partial charge in [-0.2, -0.15) is 0 Å². The fourth-order valence-electron chi connectivity index (χ4n) is 2.94. The Hall–Kier alpha value is -1.79. The summed E-state index contributed by atoms with van der Waals surface area (Å²) in [7, 11) is 0. The number of carbonyl (C=O) groups is 2. The second-order valence-corrected chi connectivity index (χ2v) is 6.10. The van der Waals surface area contributed by atoms with Crippen LogP contribution in [0, 0.1) is 5.92 Å². The van der Waals surface area contributed by atoms with Gasteiger partial charge in [-0.15, -0.1) is 0 Å². The molecule has 2 heterocycles. The van der Waals surface area contributed by atoms with Crippen molar-refractivity contribution in [2.75, 3.05) is 37.6 Å². The molecule has 0 aromatic heterocycles. The molecular formula is C15H19ClN4O2. The fraction of sp³-hybridized carbons (Fsp3) is 0.467. The number of amides is 3. The van der Waals surface area contributed by atoms with Crippen molar-refractivity contribution in [1.82, 2.24) is 10.2 Å². The molecule has 1 unspecified atom stereocenters. The smallest absolute Gasteiger partial charge is 0.321 e. The lowest BCUT2D eigenvalue weighted by Gasteiger charge is -2.20. The van der Waals surface area contributed by atoms with Crippen LogP contribution in [0.5, 0.6) is 0 Å². The van der Waals surface area contributed by atoms with Crippen LogP contribution in [-0.2, 0) is 0 Å². The Morgan fingerprint density at radius 3 is 2.86 bits per heavy atom. The first-order chi connectivity index (χ1) is 10.6. The molecule has 1 aromatic carbocycles. The number of rotatable bonds is 3. The molecule has 0 saturated carbocycles. The number of halogens is 1. The molecule has 3 N–H and O–H groups in total. The van der Waals surface area contributed by atoms with E-state index < -0.39 is 0 Å². The van der Waals surface area contributed by atoms with E-state index in [1.165, 1.54) is 0 Å². The molecule has 22 heavy (non-hydrogen) atoms. The fourth-order valence-corrected chi connectivity index (χ4v) is 3.14. The highest BCUT2D eigenvalue weighted by Crippen LogP contribution is 2.27. The summed E-state index contributed by atoms with van der Waals surface area (Å²) in [5.74, 6) is 0.262. The zero-order chi connectivity index (χ0) is 15.7. The first kappa shape index (κ1) is 15.1. The Morgan fingerprint density at radius 2 is 2.23 bits per heavy atom. The standard InChI is InChI=1S/C15H19ClN4O2/c16-13-2-1-11(20-6-4-18-15(20)22)7-12(13)14(21)19-5-3-10(8-17)9-19/h1-2,7,10H,3-6,8-9,17H2,(H,18,22). The van der Waals surface area contributed by atoms with Crippen LogP contribution >= 0.6 is 11.6 Å². The first-order valence-corrected chi connectivity index (χ1v) is 7.82. The average molecular weight is 323 g/mol. The van der Waals surface area contributed by atoms with Crippen LogP contribution < -0.4 is 16.0 Å². The molecule has 2 fully saturated rings. The van der Waals surface area contributed by atoms with Crippen molar-refractivity contribution in [2.45, 2.75) is 6.42 Å². The normalized spacial score (nSPS) is 21.4. The molecule has 2 aliphatic rings. The molecule has 0 radical (unpaired) electrons. The number of nitrogens with two attached hydrogens (primary N) is 1. The molecule has 0 spiro atoms. The number of urea groups is 1. The van der Waals surface area contributed by atoms with E-state index in [9.17, 15) is 9.59 Å². The van der Waals surface area contributed by atoms with E-state index in [4.69, 9.17) is 17.3 Å². The van der Waals surface area contributed by atoms with Crippen LogP contribution in [0.1, 0.15) is 16.8 Å². The lowest BCUT2D eigenvalue weighted by atomic mass is 10.1. The topological polar surface area (TPSA) is 78.7 Å². The minimum atomic E-state index is -0.148. The maximum atomic E-state index is 12.7. The van der Waals surface area contributed by atoms with E-state index in [1.807, 2.05) is 0 Å². The van der Waals surface area contributed by atoms with E-state index >= 15 is 0 Å². The highest BCUT2D eigenvalue weighted by Gasteiger charge is 2.28. The quantitative estimate of drug-likeness (QED) is 0.880. The van der Waals surface area contributed by atoms with Crippen LogP contribution in [-0.4, -0.2) is 49.6 Å². The zero-order valence-electron chi connectivity index (χ0n) is 12.2. The highest BCUT2D eigenvalue weighted by atomic mass is 35.5. The van der Waals surface area contributed by atoms with Crippen molar-refractivity contribution in [3.8, 4) is 0 Å². The average Bonchev–Trinajstić information content (AvgIpc) is 3.16.